The molecular formula is C22H31N5. The maximum atomic E-state index is 4.88. The van der Waals surface area contributed by atoms with Crippen molar-refractivity contribution < 1.29 is 0 Å². The van der Waals surface area contributed by atoms with Gasteiger partial charge in [0.1, 0.15) is 0 Å². The molecule has 0 bridgehead atoms. The molecule has 0 aliphatic carbocycles. The second kappa shape index (κ2) is 10.1. The lowest BCUT2D eigenvalue weighted by atomic mass is 10.1. The molecular weight excluding hydrogens is 334 g/mol. The van der Waals surface area contributed by atoms with Crippen molar-refractivity contribution in [2.75, 3.05) is 39.3 Å². The number of benzene rings is 1. The lowest BCUT2D eigenvalue weighted by Crippen LogP contribution is -2.52. The first kappa shape index (κ1) is 19.4. The van der Waals surface area contributed by atoms with Crippen LogP contribution >= 0.6 is 0 Å². The Hall–Kier alpha value is -2.40. The van der Waals surface area contributed by atoms with E-state index < -0.39 is 0 Å². The number of hydrogen-bond acceptors (Lipinski definition) is 3. The Morgan fingerprint density at radius 2 is 1.89 bits per heavy atom. The molecule has 2 heterocycles. The van der Waals surface area contributed by atoms with Crippen molar-refractivity contribution in [2.45, 2.75) is 26.8 Å². The van der Waals surface area contributed by atoms with Crippen molar-refractivity contribution in [2.24, 2.45) is 4.99 Å². The highest BCUT2D eigenvalue weighted by Gasteiger charge is 2.19. The minimum Gasteiger partial charge on any atom is -0.357 e. The molecule has 1 N–H and O–H groups in total. The number of guanidine groups is 1. The Labute approximate surface area is 163 Å². The Morgan fingerprint density at radius 3 is 2.59 bits per heavy atom. The molecule has 1 aromatic heterocycles. The van der Waals surface area contributed by atoms with Gasteiger partial charge in [-0.25, -0.2) is 0 Å². The van der Waals surface area contributed by atoms with Gasteiger partial charge >= 0.3 is 0 Å². The number of hydrogen-bond donors (Lipinski definition) is 1. The summed E-state index contributed by atoms with van der Waals surface area (Å²) in [5.74, 6) is 1.04. The number of aryl methyl sites for hydroxylation is 1. The summed E-state index contributed by atoms with van der Waals surface area (Å²) in [4.78, 5) is 14.0. The molecule has 2 aromatic rings. The van der Waals surface area contributed by atoms with Crippen LogP contribution in [-0.4, -0.2) is 60.0 Å². The van der Waals surface area contributed by atoms with Crippen LogP contribution in [0.25, 0.3) is 0 Å². The molecule has 27 heavy (non-hydrogen) atoms. The summed E-state index contributed by atoms with van der Waals surface area (Å²) in [7, 11) is 0. The van der Waals surface area contributed by atoms with E-state index in [-0.39, 0.29) is 0 Å². The number of aromatic nitrogens is 1. The monoisotopic (exact) mass is 365 g/mol. The zero-order valence-corrected chi connectivity index (χ0v) is 16.6. The lowest BCUT2D eigenvalue weighted by molar-refractivity contribution is 0.172. The van der Waals surface area contributed by atoms with E-state index in [0.29, 0.717) is 0 Å². The van der Waals surface area contributed by atoms with E-state index in [9.17, 15) is 0 Å². The summed E-state index contributed by atoms with van der Waals surface area (Å²) in [5, 5.41) is 3.46. The molecule has 0 radical (unpaired) electrons. The first-order valence-corrected chi connectivity index (χ1v) is 9.95. The molecule has 3 rings (SSSR count). The first-order valence-electron chi connectivity index (χ1n) is 9.95. The molecule has 0 spiro atoms. The van der Waals surface area contributed by atoms with Crippen LogP contribution in [0.4, 0.5) is 0 Å². The fourth-order valence-electron chi connectivity index (χ4n) is 3.45. The summed E-state index contributed by atoms with van der Waals surface area (Å²) < 4.78 is 0. The average Bonchev–Trinajstić information content (AvgIpc) is 2.70. The number of aliphatic imine (C=N–C) groups is 1. The van der Waals surface area contributed by atoms with Crippen LogP contribution in [0.2, 0.25) is 0 Å². The third-order valence-electron chi connectivity index (χ3n) is 5.03. The van der Waals surface area contributed by atoms with Gasteiger partial charge in [0.15, 0.2) is 5.96 Å². The summed E-state index contributed by atoms with van der Waals surface area (Å²) >= 11 is 0. The van der Waals surface area contributed by atoms with Crippen LogP contribution in [0.5, 0.6) is 0 Å². The van der Waals surface area contributed by atoms with Crippen LogP contribution in [0.15, 0.2) is 53.8 Å². The number of rotatable bonds is 6. The maximum Gasteiger partial charge on any atom is 0.194 e. The van der Waals surface area contributed by atoms with Gasteiger partial charge in [-0.15, -0.1) is 0 Å². The van der Waals surface area contributed by atoms with Crippen LogP contribution in [0.1, 0.15) is 23.6 Å². The van der Waals surface area contributed by atoms with Crippen molar-refractivity contribution >= 4 is 5.96 Å². The Morgan fingerprint density at radius 1 is 1.11 bits per heavy atom. The van der Waals surface area contributed by atoms with Gasteiger partial charge in [0.05, 0.1) is 0 Å². The predicted molar refractivity (Wildman–Crippen MR) is 112 cm³/mol. The topological polar surface area (TPSA) is 43.8 Å². The van der Waals surface area contributed by atoms with Crippen LogP contribution in [0, 0.1) is 6.92 Å². The van der Waals surface area contributed by atoms with Crippen molar-refractivity contribution in [3.05, 3.63) is 65.5 Å². The Balaban J connectivity index is 1.52. The zero-order chi connectivity index (χ0) is 18.9. The standard InChI is InChI=1S/C22H31N5/c1-3-24-22(25-12-10-21-9-11-23-17-19(21)2)27-15-13-26(14-16-27)18-20-7-5-4-6-8-20/h4-9,11,17H,3,10,12-16,18H2,1-2H3,(H,24,25). The summed E-state index contributed by atoms with van der Waals surface area (Å²) in [6.45, 7) is 11.2. The number of nitrogens with one attached hydrogen (secondary N) is 1. The molecule has 5 nitrogen and oxygen atoms in total. The van der Waals surface area contributed by atoms with E-state index in [1.54, 1.807) is 0 Å². The van der Waals surface area contributed by atoms with Crippen molar-refractivity contribution in [1.82, 2.24) is 20.1 Å². The summed E-state index contributed by atoms with van der Waals surface area (Å²) in [6, 6.07) is 12.8. The summed E-state index contributed by atoms with van der Waals surface area (Å²) in [6.07, 6.45) is 4.75. The Bertz CT molecular complexity index is 720. The van der Waals surface area contributed by atoms with E-state index in [1.165, 1.54) is 16.7 Å². The minimum atomic E-state index is 0.803. The highest BCUT2D eigenvalue weighted by molar-refractivity contribution is 5.80. The van der Waals surface area contributed by atoms with E-state index in [0.717, 1.165) is 58.2 Å². The fourth-order valence-corrected chi connectivity index (χ4v) is 3.45. The fraction of sp³-hybridized carbons (Fsp3) is 0.455. The van der Waals surface area contributed by atoms with Crippen LogP contribution < -0.4 is 5.32 Å². The minimum absolute atomic E-state index is 0.803. The van der Waals surface area contributed by atoms with Gasteiger partial charge in [0.25, 0.3) is 0 Å². The van der Waals surface area contributed by atoms with Crippen molar-refractivity contribution in [3.63, 3.8) is 0 Å². The molecule has 0 saturated carbocycles. The van der Waals surface area contributed by atoms with E-state index in [2.05, 4.69) is 70.3 Å². The molecule has 0 amide bonds. The largest absolute Gasteiger partial charge is 0.357 e. The van der Waals surface area contributed by atoms with E-state index >= 15 is 0 Å². The second-order valence-corrected chi connectivity index (χ2v) is 7.04. The molecule has 144 valence electrons. The molecule has 5 heteroatoms. The zero-order valence-electron chi connectivity index (χ0n) is 16.6. The highest BCUT2D eigenvalue weighted by Crippen LogP contribution is 2.09. The smallest absolute Gasteiger partial charge is 0.194 e. The summed E-state index contributed by atoms with van der Waals surface area (Å²) in [5.41, 5.74) is 3.96. The molecule has 1 aliphatic heterocycles. The van der Waals surface area contributed by atoms with Gasteiger partial charge in [0, 0.05) is 58.2 Å². The number of nitrogens with zero attached hydrogens (tertiary/aromatic N) is 4. The number of pyridine rings is 1. The molecule has 1 fully saturated rings. The van der Waals surface area contributed by atoms with Crippen LogP contribution in [0.3, 0.4) is 0 Å². The molecule has 1 aromatic carbocycles. The van der Waals surface area contributed by atoms with E-state index in [1.807, 2.05) is 12.4 Å². The average molecular weight is 366 g/mol. The third kappa shape index (κ3) is 5.79. The molecule has 0 unspecified atom stereocenters. The number of piperazine rings is 1. The first-order chi connectivity index (χ1) is 13.3. The van der Waals surface area contributed by atoms with Gasteiger partial charge in [-0.1, -0.05) is 30.3 Å². The van der Waals surface area contributed by atoms with Crippen LogP contribution in [-0.2, 0) is 13.0 Å². The molecule has 1 saturated heterocycles. The molecule has 1 aliphatic rings. The third-order valence-corrected chi connectivity index (χ3v) is 5.03. The van der Waals surface area contributed by atoms with Gasteiger partial charge in [-0.2, -0.15) is 0 Å². The predicted octanol–water partition coefficient (Wildman–Crippen LogP) is 2.72. The van der Waals surface area contributed by atoms with E-state index in [4.69, 9.17) is 4.99 Å². The van der Waals surface area contributed by atoms with Gasteiger partial charge in [0.2, 0.25) is 0 Å². The SMILES string of the molecule is CCNC(=NCCc1ccncc1C)N1CCN(Cc2ccccc2)CC1. The lowest BCUT2D eigenvalue weighted by Gasteiger charge is -2.36. The quantitative estimate of drug-likeness (QED) is 0.631. The molecule has 0 atom stereocenters. The highest BCUT2D eigenvalue weighted by atomic mass is 15.3. The van der Waals surface area contributed by atoms with Crippen molar-refractivity contribution in [3.8, 4) is 0 Å². The normalized spacial score (nSPS) is 15.8. The van der Waals surface area contributed by atoms with Gasteiger partial charge in [-0.3, -0.25) is 14.9 Å². The second-order valence-electron chi connectivity index (χ2n) is 7.04. The van der Waals surface area contributed by atoms with Crippen molar-refractivity contribution in [1.29, 1.82) is 0 Å². The van der Waals surface area contributed by atoms with Gasteiger partial charge < -0.3 is 10.2 Å². The Kier molecular flexibility index (Phi) is 7.22. The van der Waals surface area contributed by atoms with Gasteiger partial charge in [-0.05, 0) is 43.0 Å². The maximum absolute atomic E-state index is 4.88.